The first-order valence-electron chi connectivity index (χ1n) is 10.0. The molecule has 0 saturated heterocycles. The zero-order valence-corrected chi connectivity index (χ0v) is 17.3. The van der Waals surface area contributed by atoms with Crippen molar-refractivity contribution in [3.05, 3.63) is 53.6 Å². The van der Waals surface area contributed by atoms with Gasteiger partial charge in [-0.05, 0) is 42.0 Å². The summed E-state index contributed by atoms with van der Waals surface area (Å²) in [5.41, 5.74) is 18.9. The lowest BCUT2D eigenvalue weighted by Gasteiger charge is -2.35. The standard InChI is InChI=1S/C22H23F3N6O/c1-32-16-4-2-3-15-17(16)29-21(28)31-20(15)30-19(27)14-9-13(10-14)11-5-7-12(8-6-11)18(26)22(23,24)25/h2-8,13-14,18H,9-10,26H2,1H3,(H4,27,28,29,30,31). The Kier molecular flexibility index (Phi) is 5.64. The van der Waals surface area contributed by atoms with Crippen LogP contribution in [0.25, 0.3) is 10.9 Å². The number of halogens is 3. The Morgan fingerprint density at radius 2 is 1.81 bits per heavy atom. The van der Waals surface area contributed by atoms with E-state index in [-0.39, 0.29) is 23.3 Å². The average Bonchev–Trinajstić information content (AvgIpc) is 2.71. The lowest BCUT2D eigenvalue weighted by atomic mass is 9.71. The van der Waals surface area contributed by atoms with Gasteiger partial charge >= 0.3 is 6.18 Å². The maximum atomic E-state index is 12.8. The van der Waals surface area contributed by atoms with Crippen LogP contribution >= 0.6 is 0 Å². The van der Waals surface area contributed by atoms with Crippen LogP contribution in [0, 0.1) is 5.92 Å². The quantitative estimate of drug-likeness (QED) is 0.404. The first-order chi connectivity index (χ1) is 15.2. The van der Waals surface area contributed by atoms with E-state index in [1.165, 1.54) is 12.1 Å². The van der Waals surface area contributed by atoms with E-state index >= 15 is 0 Å². The van der Waals surface area contributed by atoms with Crippen LogP contribution in [0.15, 0.2) is 47.5 Å². The minimum Gasteiger partial charge on any atom is -0.494 e. The van der Waals surface area contributed by atoms with Crippen molar-refractivity contribution in [1.29, 1.82) is 0 Å². The highest BCUT2D eigenvalue weighted by Crippen LogP contribution is 2.43. The number of nitrogen functional groups attached to an aromatic ring is 1. The van der Waals surface area contributed by atoms with Crippen molar-refractivity contribution in [2.75, 3.05) is 12.8 Å². The van der Waals surface area contributed by atoms with Crippen LogP contribution in [0.1, 0.15) is 35.9 Å². The molecule has 4 rings (SSSR count). The lowest BCUT2D eigenvalue weighted by molar-refractivity contribution is -0.149. The van der Waals surface area contributed by atoms with Crippen LogP contribution in [-0.2, 0) is 0 Å². The van der Waals surface area contributed by atoms with Crippen molar-refractivity contribution in [2.45, 2.75) is 31.0 Å². The number of benzene rings is 2. The smallest absolute Gasteiger partial charge is 0.407 e. The number of aliphatic imine (C=N–C) groups is 1. The fraction of sp³-hybridized carbons (Fsp3) is 0.318. The second-order valence-electron chi connectivity index (χ2n) is 7.85. The summed E-state index contributed by atoms with van der Waals surface area (Å²) in [4.78, 5) is 13.0. The molecule has 32 heavy (non-hydrogen) atoms. The van der Waals surface area contributed by atoms with Gasteiger partial charge in [-0.15, -0.1) is 0 Å². The molecular weight excluding hydrogens is 421 g/mol. The number of nitrogens with zero attached hydrogens (tertiary/aromatic N) is 3. The normalized spacial score (nSPS) is 20.1. The molecule has 1 aliphatic rings. The monoisotopic (exact) mass is 444 g/mol. The Balaban J connectivity index is 1.49. The van der Waals surface area contributed by atoms with Gasteiger partial charge in [0.15, 0.2) is 5.82 Å². The van der Waals surface area contributed by atoms with Gasteiger partial charge in [0.05, 0.1) is 7.11 Å². The molecule has 7 nitrogen and oxygen atoms in total. The largest absolute Gasteiger partial charge is 0.494 e. The number of hydrogen-bond donors (Lipinski definition) is 3. The summed E-state index contributed by atoms with van der Waals surface area (Å²) in [6.45, 7) is 0. The lowest BCUT2D eigenvalue weighted by Crippen LogP contribution is -2.34. The summed E-state index contributed by atoms with van der Waals surface area (Å²) in [6, 6.07) is 9.67. The Morgan fingerprint density at radius 3 is 2.44 bits per heavy atom. The van der Waals surface area contributed by atoms with Crippen molar-refractivity contribution in [3.8, 4) is 5.75 Å². The van der Waals surface area contributed by atoms with Gasteiger partial charge in [-0.2, -0.15) is 18.2 Å². The second kappa shape index (κ2) is 8.27. The number of rotatable bonds is 5. The molecule has 6 N–H and O–H groups in total. The molecule has 0 aliphatic heterocycles. The summed E-state index contributed by atoms with van der Waals surface area (Å²) in [5.74, 6) is 1.66. The van der Waals surface area contributed by atoms with Gasteiger partial charge in [0, 0.05) is 11.3 Å². The maximum Gasteiger partial charge on any atom is 0.407 e. The molecule has 2 aromatic carbocycles. The van der Waals surface area contributed by atoms with Crippen LogP contribution in [0.5, 0.6) is 5.75 Å². The van der Waals surface area contributed by atoms with Crippen molar-refractivity contribution in [1.82, 2.24) is 9.97 Å². The van der Waals surface area contributed by atoms with E-state index in [4.69, 9.17) is 21.9 Å². The van der Waals surface area contributed by atoms with Gasteiger partial charge in [0.25, 0.3) is 0 Å². The minimum atomic E-state index is -4.47. The molecule has 168 valence electrons. The topological polar surface area (TPSA) is 125 Å². The number of ether oxygens (including phenoxy) is 1. The SMILES string of the molecule is COc1cccc2c(N=C(N)C3CC(c4ccc(C(N)C(F)(F)F)cc4)C3)nc(N)nc12. The molecule has 1 saturated carbocycles. The molecule has 10 heteroatoms. The van der Waals surface area contributed by atoms with Crippen molar-refractivity contribution < 1.29 is 17.9 Å². The Bertz CT molecular complexity index is 1160. The number of nitrogens with two attached hydrogens (primary N) is 3. The van der Waals surface area contributed by atoms with Gasteiger partial charge in [-0.3, -0.25) is 0 Å². The zero-order valence-electron chi connectivity index (χ0n) is 17.3. The first kappa shape index (κ1) is 21.8. The summed E-state index contributed by atoms with van der Waals surface area (Å²) in [6.07, 6.45) is -2.99. The fourth-order valence-electron chi connectivity index (χ4n) is 3.89. The molecule has 1 atom stereocenters. The van der Waals surface area contributed by atoms with Gasteiger partial charge < -0.3 is 21.9 Å². The van der Waals surface area contributed by atoms with E-state index in [0.29, 0.717) is 28.3 Å². The van der Waals surface area contributed by atoms with Crippen LogP contribution in [0.2, 0.25) is 0 Å². The molecule has 1 fully saturated rings. The Morgan fingerprint density at radius 1 is 1.12 bits per heavy atom. The van der Waals surface area contributed by atoms with Crippen LogP contribution in [0.4, 0.5) is 24.9 Å². The zero-order chi connectivity index (χ0) is 23.0. The van der Waals surface area contributed by atoms with Crippen molar-refractivity contribution >= 4 is 28.5 Å². The molecule has 0 amide bonds. The van der Waals surface area contributed by atoms with Crippen molar-refractivity contribution in [3.63, 3.8) is 0 Å². The molecule has 1 unspecified atom stereocenters. The van der Waals surface area contributed by atoms with Crippen LogP contribution < -0.4 is 21.9 Å². The number of alkyl halides is 3. The summed E-state index contributed by atoms with van der Waals surface area (Å²) >= 11 is 0. The first-order valence-corrected chi connectivity index (χ1v) is 10.0. The molecule has 1 aliphatic carbocycles. The summed E-state index contributed by atoms with van der Waals surface area (Å²) in [7, 11) is 1.54. The van der Waals surface area contributed by atoms with Crippen LogP contribution in [0.3, 0.4) is 0 Å². The maximum absolute atomic E-state index is 12.8. The number of anilines is 1. The fourth-order valence-corrected chi connectivity index (χ4v) is 3.89. The third-order valence-corrected chi connectivity index (χ3v) is 5.82. The molecular formula is C22H23F3N6O. The predicted molar refractivity (Wildman–Crippen MR) is 117 cm³/mol. The van der Waals surface area contributed by atoms with Crippen molar-refractivity contribution in [2.24, 2.45) is 22.4 Å². The highest BCUT2D eigenvalue weighted by atomic mass is 19.4. The summed E-state index contributed by atoms with van der Waals surface area (Å²) in [5, 5.41) is 0.675. The van der Waals surface area contributed by atoms with E-state index in [2.05, 4.69) is 15.0 Å². The Hall–Kier alpha value is -3.40. The van der Waals surface area contributed by atoms with Gasteiger partial charge in [-0.25, -0.2) is 9.98 Å². The molecule has 1 heterocycles. The number of fused-ring (bicyclic) bond motifs is 1. The molecule has 3 aromatic rings. The van der Waals surface area contributed by atoms with Gasteiger partial charge in [-0.1, -0.05) is 30.3 Å². The third kappa shape index (κ3) is 4.18. The molecule has 0 radical (unpaired) electrons. The highest BCUT2D eigenvalue weighted by molar-refractivity contribution is 5.96. The number of para-hydroxylation sites is 1. The average molecular weight is 444 g/mol. The molecule has 0 bridgehead atoms. The second-order valence-corrected chi connectivity index (χ2v) is 7.85. The van der Waals surface area contributed by atoms with E-state index in [1.54, 1.807) is 25.3 Å². The molecule has 0 spiro atoms. The van der Waals surface area contributed by atoms with Crippen LogP contribution in [-0.4, -0.2) is 29.1 Å². The van der Waals surface area contributed by atoms with E-state index in [0.717, 1.165) is 18.4 Å². The number of aromatic nitrogens is 2. The minimum absolute atomic E-state index is 0.0361. The third-order valence-electron chi connectivity index (χ3n) is 5.82. The Labute approximate surface area is 182 Å². The predicted octanol–water partition coefficient (Wildman–Crippen LogP) is 3.97. The highest BCUT2D eigenvalue weighted by Gasteiger charge is 2.38. The number of hydrogen-bond acceptors (Lipinski definition) is 6. The van der Waals surface area contributed by atoms with Gasteiger partial charge in [0.2, 0.25) is 5.95 Å². The molecule has 1 aromatic heterocycles. The van der Waals surface area contributed by atoms with Gasteiger partial charge in [0.1, 0.15) is 23.1 Å². The summed E-state index contributed by atoms with van der Waals surface area (Å²) < 4.78 is 43.7. The van der Waals surface area contributed by atoms with E-state index in [9.17, 15) is 13.2 Å². The van der Waals surface area contributed by atoms with E-state index < -0.39 is 12.2 Å². The number of methoxy groups -OCH3 is 1. The number of amidine groups is 1. The van der Waals surface area contributed by atoms with E-state index in [1.807, 2.05) is 12.1 Å².